The average molecular weight is 620 g/mol. The Kier molecular flexibility index (Phi) is 10.1. The van der Waals surface area contributed by atoms with Crippen LogP contribution >= 0.6 is 23.2 Å². The van der Waals surface area contributed by atoms with Gasteiger partial charge in [-0.1, -0.05) is 64.8 Å². The molecule has 0 atom stereocenters. The number of carbonyl (C=O) groups excluding carboxylic acids is 1. The lowest BCUT2D eigenvalue weighted by Gasteiger charge is -2.35. The number of hydrogen-bond donors (Lipinski definition) is 4. The van der Waals surface area contributed by atoms with Gasteiger partial charge in [-0.25, -0.2) is 18.2 Å². The van der Waals surface area contributed by atoms with Crippen LogP contribution in [-0.2, 0) is 16.6 Å². The molecule has 0 bridgehead atoms. The van der Waals surface area contributed by atoms with E-state index < -0.39 is 16.1 Å². The molecule has 0 unspecified atom stereocenters. The summed E-state index contributed by atoms with van der Waals surface area (Å²) in [6, 6.07) is 17.4. The van der Waals surface area contributed by atoms with Crippen molar-refractivity contribution in [3.05, 3.63) is 87.9 Å². The summed E-state index contributed by atoms with van der Waals surface area (Å²) in [7, 11) is -4.21. The maximum atomic E-state index is 13.7. The normalized spacial score (nSPS) is 14.7. The minimum absolute atomic E-state index is 0.0501. The third kappa shape index (κ3) is 7.69. The van der Waals surface area contributed by atoms with Gasteiger partial charge in [0.1, 0.15) is 0 Å². The van der Waals surface area contributed by atoms with E-state index in [4.69, 9.17) is 39.9 Å². The highest BCUT2D eigenvalue weighted by molar-refractivity contribution is 7.89. The number of amidine groups is 1. The molecule has 0 aromatic heterocycles. The number of nitrogens with one attached hydrogen (secondary N) is 1. The lowest BCUT2D eigenvalue weighted by molar-refractivity contribution is 0.121. The summed E-state index contributed by atoms with van der Waals surface area (Å²) in [6.45, 7) is 1.45. The summed E-state index contributed by atoms with van der Waals surface area (Å²) < 4.78 is 27.3. The molecule has 0 radical (unpaired) electrons. The monoisotopic (exact) mass is 618 g/mol. The second-order valence-corrected chi connectivity index (χ2v) is 12.3. The number of sulfonamides is 1. The summed E-state index contributed by atoms with van der Waals surface area (Å²) in [4.78, 5) is 17.8. The van der Waals surface area contributed by atoms with Crippen LogP contribution in [0, 0.1) is 5.92 Å². The largest absolute Gasteiger partial charge is 0.409 e. The Morgan fingerprint density at radius 2 is 1.80 bits per heavy atom. The van der Waals surface area contributed by atoms with E-state index in [9.17, 15) is 13.2 Å². The van der Waals surface area contributed by atoms with Gasteiger partial charge in [0.2, 0.25) is 0 Å². The van der Waals surface area contributed by atoms with Gasteiger partial charge in [-0.15, -0.1) is 4.83 Å². The topological polar surface area (TPSA) is 154 Å². The summed E-state index contributed by atoms with van der Waals surface area (Å²) >= 11 is 12.4. The molecule has 6 N–H and O–H groups in total. The van der Waals surface area contributed by atoms with Crippen LogP contribution in [0.4, 0.5) is 4.79 Å². The molecule has 41 heavy (non-hydrogen) atoms. The number of likely N-dealkylation sites (tertiary alicyclic amines) is 1. The van der Waals surface area contributed by atoms with Crippen molar-refractivity contribution in [3.8, 4) is 11.1 Å². The van der Waals surface area contributed by atoms with Crippen LogP contribution in [0.5, 0.6) is 0 Å². The van der Waals surface area contributed by atoms with Gasteiger partial charge in [-0.2, -0.15) is 0 Å². The highest BCUT2D eigenvalue weighted by atomic mass is 35.5. The van der Waals surface area contributed by atoms with Crippen molar-refractivity contribution >= 4 is 45.1 Å². The first-order valence-corrected chi connectivity index (χ1v) is 15.3. The molecule has 1 saturated heterocycles. The van der Waals surface area contributed by atoms with Gasteiger partial charge in [0.05, 0.1) is 11.4 Å². The van der Waals surface area contributed by atoms with Crippen molar-refractivity contribution in [2.75, 3.05) is 19.6 Å². The smallest absolute Gasteiger partial charge is 0.335 e. The summed E-state index contributed by atoms with van der Waals surface area (Å²) in [5.41, 5.74) is 13.6. The van der Waals surface area contributed by atoms with E-state index in [-0.39, 0.29) is 17.3 Å². The van der Waals surface area contributed by atoms with Crippen LogP contribution in [0.1, 0.15) is 30.4 Å². The number of oxime groups is 1. The predicted octanol–water partition coefficient (Wildman–Crippen LogP) is 4.63. The fourth-order valence-corrected chi connectivity index (χ4v) is 6.38. The first-order chi connectivity index (χ1) is 19.6. The van der Waals surface area contributed by atoms with E-state index >= 15 is 0 Å². The first-order valence-electron chi connectivity index (χ1n) is 13.0. The molecule has 218 valence electrons. The maximum absolute atomic E-state index is 13.7. The third-order valence-electron chi connectivity index (χ3n) is 6.98. The second-order valence-electron chi connectivity index (χ2n) is 9.81. The number of nitrogens with two attached hydrogens (primary N) is 2. The lowest BCUT2D eigenvalue weighted by atomic mass is 9.94. The van der Waals surface area contributed by atoms with Crippen LogP contribution in [0.3, 0.4) is 0 Å². The Morgan fingerprint density at radius 3 is 2.49 bits per heavy atom. The molecule has 1 aliphatic heterocycles. The highest BCUT2D eigenvalue weighted by Crippen LogP contribution is 2.31. The quantitative estimate of drug-likeness (QED) is 0.119. The van der Waals surface area contributed by atoms with E-state index in [1.54, 1.807) is 59.5 Å². The van der Waals surface area contributed by atoms with Gasteiger partial charge >= 0.3 is 6.03 Å². The molecule has 4 rings (SSSR count). The molecule has 3 aromatic carbocycles. The molecular weight excluding hydrogens is 587 g/mol. The van der Waals surface area contributed by atoms with E-state index in [2.05, 4.69) is 9.99 Å². The van der Waals surface area contributed by atoms with Gasteiger partial charge in [-0.3, -0.25) is 0 Å². The Bertz CT molecular complexity index is 1530. The Hall–Kier alpha value is -3.35. The number of halogens is 2. The zero-order chi connectivity index (χ0) is 29.6. The molecule has 3 aromatic rings. The minimum Gasteiger partial charge on any atom is -0.409 e. The Morgan fingerprint density at radius 1 is 1.07 bits per heavy atom. The van der Waals surface area contributed by atoms with Gasteiger partial charge in [-0.05, 0) is 73.2 Å². The molecule has 1 heterocycles. The van der Waals surface area contributed by atoms with E-state index in [0.29, 0.717) is 57.9 Å². The van der Waals surface area contributed by atoms with Crippen molar-refractivity contribution in [2.45, 2.75) is 30.7 Å². The lowest BCUT2D eigenvalue weighted by Crippen LogP contribution is -2.53. The maximum Gasteiger partial charge on any atom is 0.335 e. The number of hydrazine groups is 1. The predicted molar refractivity (Wildman–Crippen MR) is 160 cm³/mol. The van der Waals surface area contributed by atoms with E-state index in [1.165, 1.54) is 12.1 Å². The summed E-state index contributed by atoms with van der Waals surface area (Å²) in [6.07, 6.45) is 2.45. The molecule has 1 aliphatic rings. The zero-order valence-corrected chi connectivity index (χ0v) is 24.5. The Labute approximate surface area is 249 Å². The second kappa shape index (κ2) is 13.5. The third-order valence-corrected chi connectivity index (χ3v) is 8.86. The molecule has 1 fully saturated rings. The average Bonchev–Trinajstić information content (AvgIpc) is 2.97. The SMILES string of the molecule is NCCC1CCN(C(=O)N(Cc2cccc(/C(N)=N/O)c2)NS(=O)(=O)c2cccc(-c3ccc(Cl)cc3Cl)c2)CC1. The molecule has 0 spiro atoms. The molecule has 10 nitrogen and oxygen atoms in total. The number of benzene rings is 3. The van der Waals surface area contributed by atoms with Crippen molar-refractivity contribution in [2.24, 2.45) is 22.5 Å². The number of amides is 2. The molecule has 0 aliphatic carbocycles. The minimum atomic E-state index is -4.21. The van der Waals surface area contributed by atoms with Gasteiger partial charge in [0.15, 0.2) is 5.84 Å². The number of nitrogens with zero attached hydrogens (tertiary/aromatic N) is 3. The highest BCUT2D eigenvalue weighted by Gasteiger charge is 2.30. The van der Waals surface area contributed by atoms with Crippen molar-refractivity contribution in [1.82, 2.24) is 14.7 Å². The van der Waals surface area contributed by atoms with Crippen LogP contribution in [0.25, 0.3) is 11.1 Å². The number of piperidine rings is 1. The molecule has 0 saturated carbocycles. The summed E-state index contributed by atoms with van der Waals surface area (Å²) in [5, 5.41) is 14.0. The summed E-state index contributed by atoms with van der Waals surface area (Å²) in [5.74, 6) is 0.319. The van der Waals surface area contributed by atoms with Crippen LogP contribution in [0.2, 0.25) is 10.0 Å². The molecule has 13 heteroatoms. The number of rotatable bonds is 9. The fourth-order valence-electron chi connectivity index (χ4n) is 4.78. The van der Waals surface area contributed by atoms with Gasteiger partial charge in [0, 0.05) is 34.3 Å². The zero-order valence-electron chi connectivity index (χ0n) is 22.2. The van der Waals surface area contributed by atoms with Crippen LogP contribution in [-0.4, -0.2) is 55.0 Å². The first kappa shape index (κ1) is 30.6. The van der Waals surface area contributed by atoms with Crippen LogP contribution in [0.15, 0.2) is 76.8 Å². The Balaban J connectivity index is 1.63. The van der Waals surface area contributed by atoms with Crippen molar-refractivity contribution < 1.29 is 18.4 Å². The fraction of sp³-hybridized carbons (Fsp3) is 0.286. The van der Waals surface area contributed by atoms with Crippen molar-refractivity contribution in [3.63, 3.8) is 0 Å². The molecule has 2 amide bonds. The van der Waals surface area contributed by atoms with E-state index in [0.717, 1.165) is 24.3 Å². The van der Waals surface area contributed by atoms with Gasteiger partial charge < -0.3 is 21.6 Å². The van der Waals surface area contributed by atoms with E-state index in [1.807, 2.05) is 0 Å². The standard InChI is InChI=1S/C28H32Cl2N6O4S/c29-23-7-8-25(26(30)17-23)21-4-2-6-24(16-21)41(39,40)34-36(18-20-3-1-5-22(15-20)27(32)33-38)28(37)35-13-10-19(9-12-31)11-14-35/h1-8,15-17,19,34,38H,9-14,18,31H2,(H2,32,33). The number of carbonyl (C=O) groups is 1. The number of urea groups is 1. The number of hydrogen-bond acceptors (Lipinski definition) is 6. The molecular formula is C28H32Cl2N6O4S. The van der Waals surface area contributed by atoms with Gasteiger partial charge in [0.25, 0.3) is 10.0 Å². The van der Waals surface area contributed by atoms with Crippen molar-refractivity contribution in [1.29, 1.82) is 0 Å². The van der Waals surface area contributed by atoms with Crippen LogP contribution < -0.4 is 16.3 Å².